The third kappa shape index (κ3) is 1.59. The monoisotopic (exact) mass is 192 g/mol. The second-order valence-electron chi connectivity index (χ2n) is 4.57. The topological polar surface area (TPSA) is 6.48 Å². The first-order chi connectivity index (χ1) is 6.72. The molecule has 1 fully saturated rings. The van der Waals surface area contributed by atoms with Crippen molar-refractivity contribution in [3.8, 4) is 0 Å². The van der Waals surface area contributed by atoms with Gasteiger partial charge in [-0.15, -0.1) is 6.58 Å². The molecule has 0 amide bonds. The molecule has 0 aromatic rings. The molecule has 2 atom stereocenters. The highest BCUT2D eigenvalue weighted by atomic mass is 15.2. The van der Waals surface area contributed by atoms with Crippen LogP contribution in [0.1, 0.15) is 19.3 Å². The van der Waals surface area contributed by atoms with Gasteiger partial charge in [0.1, 0.15) is 0 Å². The third-order valence-corrected chi connectivity index (χ3v) is 3.45. The Labute approximate surface area is 86.9 Å². The lowest BCUT2D eigenvalue weighted by molar-refractivity contribution is 0.128. The molecule has 14 heavy (non-hydrogen) atoms. The van der Waals surface area contributed by atoms with E-state index in [0.717, 1.165) is 6.04 Å². The van der Waals surface area contributed by atoms with Crippen molar-refractivity contribution in [2.75, 3.05) is 20.6 Å². The minimum absolute atomic E-state index is 0.427. The van der Waals surface area contributed by atoms with Gasteiger partial charge in [-0.25, -0.2) is 0 Å². The van der Waals surface area contributed by atoms with Crippen LogP contribution in [0, 0.1) is 0 Å². The van der Waals surface area contributed by atoms with E-state index < -0.39 is 0 Å². The summed E-state index contributed by atoms with van der Waals surface area (Å²) in [5.74, 6) is 0. The number of hydrogen-bond acceptors (Lipinski definition) is 2. The number of likely N-dealkylation sites (N-methyl/N-ethyl adjacent to an activating group) is 1. The summed E-state index contributed by atoms with van der Waals surface area (Å²) < 4.78 is 0. The SMILES string of the molecule is C=CC(C1=CN2CCC2CC1)N(C)C. The van der Waals surface area contributed by atoms with Crippen LogP contribution in [-0.4, -0.2) is 42.5 Å². The molecule has 2 rings (SSSR count). The van der Waals surface area contributed by atoms with E-state index in [2.05, 4.69) is 36.7 Å². The molecule has 2 unspecified atom stereocenters. The van der Waals surface area contributed by atoms with Crippen LogP contribution >= 0.6 is 0 Å². The van der Waals surface area contributed by atoms with E-state index in [-0.39, 0.29) is 0 Å². The van der Waals surface area contributed by atoms with Crippen molar-refractivity contribution in [1.29, 1.82) is 0 Å². The molecule has 0 spiro atoms. The molecule has 0 aliphatic carbocycles. The van der Waals surface area contributed by atoms with Crippen LogP contribution in [-0.2, 0) is 0 Å². The van der Waals surface area contributed by atoms with Crippen molar-refractivity contribution in [1.82, 2.24) is 9.80 Å². The van der Waals surface area contributed by atoms with E-state index >= 15 is 0 Å². The quantitative estimate of drug-likeness (QED) is 0.630. The van der Waals surface area contributed by atoms with Crippen LogP contribution < -0.4 is 0 Å². The van der Waals surface area contributed by atoms with E-state index in [9.17, 15) is 0 Å². The predicted octanol–water partition coefficient (Wildman–Crippen LogP) is 1.85. The molecular formula is C12H20N2. The molecule has 2 heterocycles. The molecule has 2 aliphatic heterocycles. The van der Waals surface area contributed by atoms with Gasteiger partial charge in [-0.2, -0.15) is 0 Å². The molecule has 78 valence electrons. The highest BCUT2D eigenvalue weighted by Gasteiger charge is 2.30. The van der Waals surface area contributed by atoms with Crippen molar-refractivity contribution >= 4 is 0 Å². The Morgan fingerprint density at radius 3 is 2.79 bits per heavy atom. The number of nitrogens with zero attached hydrogens (tertiary/aromatic N) is 2. The number of rotatable bonds is 3. The second-order valence-corrected chi connectivity index (χ2v) is 4.57. The fourth-order valence-electron chi connectivity index (χ4n) is 2.47. The number of fused-ring (bicyclic) bond motifs is 1. The molecule has 2 aliphatic rings. The lowest BCUT2D eigenvalue weighted by atomic mass is 9.89. The van der Waals surface area contributed by atoms with Gasteiger partial charge in [0.05, 0.1) is 0 Å². The van der Waals surface area contributed by atoms with Crippen LogP contribution in [0.2, 0.25) is 0 Å². The standard InChI is InChI=1S/C12H20N2/c1-4-12(13(2)3)10-5-6-11-7-8-14(11)9-10/h4,9,11-12H,1,5-8H2,2-3H3. The Hall–Kier alpha value is -0.760. The largest absolute Gasteiger partial charge is 0.374 e. The van der Waals surface area contributed by atoms with E-state index in [1.54, 1.807) is 0 Å². The van der Waals surface area contributed by atoms with Gasteiger partial charge in [0.2, 0.25) is 0 Å². The van der Waals surface area contributed by atoms with Gasteiger partial charge < -0.3 is 4.90 Å². The predicted molar refractivity (Wildman–Crippen MR) is 60.1 cm³/mol. The highest BCUT2D eigenvalue weighted by molar-refractivity contribution is 5.21. The Kier molecular flexibility index (Phi) is 2.64. The summed E-state index contributed by atoms with van der Waals surface area (Å²) in [7, 11) is 4.24. The van der Waals surface area contributed by atoms with E-state index in [4.69, 9.17) is 0 Å². The minimum atomic E-state index is 0.427. The molecule has 1 saturated heterocycles. The van der Waals surface area contributed by atoms with Crippen LogP contribution in [0.4, 0.5) is 0 Å². The first kappa shape index (κ1) is 9.78. The van der Waals surface area contributed by atoms with Gasteiger partial charge in [0, 0.05) is 24.8 Å². The summed E-state index contributed by atoms with van der Waals surface area (Å²) in [6, 6.07) is 1.28. The Bertz CT molecular complexity index is 255. The van der Waals surface area contributed by atoms with Crippen LogP contribution in [0.5, 0.6) is 0 Å². The van der Waals surface area contributed by atoms with Gasteiger partial charge in [0.25, 0.3) is 0 Å². The zero-order chi connectivity index (χ0) is 10.1. The highest BCUT2D eigenvalue weighted by Crippen LogP contribution is 2.31. The summed E-state index contributed by atoms with van der Waals surface area (Å²) in [4.78, 5) is 4.72. The summed E-state index contributed by atoms with van der Waals surface area (Å²) >= 11 is 0. The molecule has 0 bridgehead atoms. The molecule has 0 saturated carbocycles. The first-order valence-corrected chi connectivity index (χ1v) is 5.47. The fraction of sp³-hybridized carbons (Fsp3) is 0.667. The molecule has 0 radical (unpaired) electrons. The van der Waals surface area contributed by atoms with Gasteiger partial charge in [-0.05, 0) is 38.9 Å². The summed E-state index contributed by atoms with van der Waals surface area (Å²) in [5, 5.41) is 0. The first-order valence-electron chi connectivity index (χ1n) is 5.47. The van der Waals surface area contributed by atoms with E-state index in [0.29, 0.717) is 6.04 Å². The van der Waals surface area contributed by atoms with Crippen molar-refractivity contribution < 1.29 is 0 Å². The Morgan fingerprint density at radius 2 is 2.36 bits per heavy atom. The lowest BCUT2D eigenvalue weighted by Crippen LogP contribution is -2.47. The van der Waals surface area contributed by atoms with Gasteiger partial charge in [0.15, 0.2) is 0 Å². The molecule has 2 nitrogen and oxygen atoms in total. The molecular weight excluding hydrogens is 172 g/mol. The average Bonchev–Trinajstić information content (AvgIpc) is 2.10. The van der Waals surface area contributed by atoms with Crippen LogP contribution in [0.15, 0.2) is 24.4 Å². The molecule has 0 aromatic heterocycles. The Morgan fingerprint density at radius 1 is 1.57 bits per heavy atom. The van der Waals surface area contributed by atoms with Gasteiger partial charge >= 0.3 is 0 Å². The molecule has 2 heteroatoms. The van der Waals surface area contributed by atoms with E-state index in [1.165, 1.54) is 31.4 Å². The molecule has 0 aromatic carbocycles. The summed E-state index contributed by atoms with van der Waals surface area (Å²) in [5.41, 5.74) is 1.53. The van der Waals surface area contributed by atoms with Crippen molar-refractivity contribution in [2.24, 2.45) is 0 Å². The minimum Gasteiger partial charge on any atom is -0.374 e. The van der Waals surface area contributed by atoms with Crippen LogP contribution in [0.3, 0.4) is 0 Å². The van der Waals surface area contributed by atoms with Crippen molar-refractivity contribution in [3.63, 3.8) is 0 Å². The van der Waals surface area contributed by atoms with Gasteiger partial charge in [-0.3, -0.25) is 4.90 Å². The summed E-state index contributed by atoms with van der Waals surface area (Å²) in [6.07, 6.45) is 8.39. The zero-order valence-corrected chi connectivity index (χ0v) is 9.24. The van der Waals surface area contributed by atoms with E-state index in [1.807, 2.05) is 6.08 Å². The molecule has 0 N–H and O–H groups in total. The maximum absolute atomic E-state index is 3.92. The smallest absolute Gasteiger partial charge is 0.0500 e. The lowest BCUT2D eigenvalue weighted by Gasteiger charge is -2.45. The average molecular weight is 192 g/mol. The normalized spacial score (nSPS) is 27.8. The van der Waals surface area contributed by atoms with Crippen molar-refractivity contribution in [2.45, 2.75) is 31.3 Å². The maximum Gasteiger partial charge on any atom is 0.0500 e. The van der Waals surface area contributed by atoms with Crippen molar-refractivity contribution in [3.05, 3.63) is 24.4 Å². The third-order valence-electron chi connectivity index (χ3n) is 3.45. The number of hydrogen-bond donors (Lipinski definition) is 0. The summed E-state index contributed by atoms with van der Waals surface area (Å²) in [6.45, 7) is 5.17. The zero-order valence-electron chi connectivity index (χ0n) is 9.24. The second kappa shape index (κ2) is 3.77. The fourth-order valence-corrected chi connectivity index (χ4v) is 2.47. The van der Waals surface area contributed by atoms with Crippen LogP contribution in [0.25, 0.3) is 0 Å². The Balaban J connectivity index is 2.09. The maximum atomic E-state index is 3.92. The van der Waals surface area contributed by atoms with Gasteiger partial charge in [-0.1, -0.05) is 6.08 Å².